The number of aromatic nitrogens is 4. The molecule has 0 fully saturated rings. The van der Waals surface area contributed by atoms with Crippen LogP contribution in [0.3, 0.4) is 0 Å². The van der Waals surface area contributed by atoms with Gasteiger partial charge in [-0.25, -0.2) is 18.4 Å². The van der Waals surface area contributed by atoms with Crippen LogP contribution < -0.4 is 16.8 Å². The summed E-state index contributed by atoms with van der Waals surface area (Å²) in [7, 11) is 0. The molecule has 9 nitrogen and oxygen atoms in total. The van der Waals surface area contributed by atoms with E-state index in [9.17, 15) is 22.4 Å². The standard InChI is InChI=1S/C13H10F4N6O3/c14-8-2-1-6(5-7(8)13(15,16)17)23-11(22-25-12(23)24)9-10(19-4-3-18)21-26-20-9/h1-2,5H,3-4,18H2,(H,19,21). The van der Waals surface area contributed by atoms with Crippen molar-refractivity contribution in [2.45, 2.75) is 6.18 Å². The number of hydrogen-bond donors (Lipinski definition) is 2. The number of nitrogens with two attached hydrogens (primary N) is 1. The van der Waals surface area contributed by atoms with Crippen LogP contribution in [0.5, 0.6) is 0 Å². The lowest BCUT2D eigenvalue weighted by molar-refractivity contribution is -0.140. The Hall–Kier alpha value is -3.22. The van der Waals surface area contributed by atoms with Gasteiger partial charge in [-0.3, -0.25) is 4.52 Å². The van der Waals surface area contributed by atoms with E-state index in [1.165, 1.54) is 0 Å². The predicted octanol–water partition coefficient (Wildman–Crippen LogP) is 1.40. The van der Waals surface area contributed by atoms with E-state index in [4.69, 9.17) is 5.73 Å². The van der Waals surface area contributed by atoms with Crippen molar-refractivity contribution in [2.24, 2.45) is 5.73 Å². The molecule has 0 amide bonds. The largest absolute Gasteiger partial charge is 0.446 e. The molecule has 0 unspecified atom stereocenters. The molecular weight excluding hydrogens is 364 g/mol. The van der Waals surface area contributed by atoms with Gasteiger partial charge in [-0.2, -0.15) is 13.2 Å². The maximum Gasteiger partial charge on any atom is 0.446 e. The van der Waals surface area contributed by atoms with Crippen LogP contribution in [0.4, 0.5) is 23.4 Å². The van der Waals surface area contributed by atoms with Gasteiger partial charge in [0.2, 0.25) is 11.6 Å². The second kappa shape index (κ2) is 6.59. The van der Waals surface area contributed by atoms with Gasteiger partial charge in [-0.15, -0.1) is 0 Å². The highest BCUT2D eigenvalue weighted by Crippen LogP contribution is 2.33. The normalized spacial score (nSPS) is 11.7. The molecule has 3 N–H and O–H groups in total. The van der Waals surface area contributed by atoms with E-state index in [0.717, 1.165) is 6.07 Å². The minimum Gasteiger partial charge on any atom is -0.364 e. The quantitative estimate of drug-likeness (QED) is 0.642. The summed E-state index contributed by atoms with van der Waals surface area (Å²) in [5.74, 6) is -2.82. The number of alkyl halides is 3. The fourth-order valence-corrected chi connectivity index (χ4v) is 2.14. The summed E-state index contributed by atoms with van der Waals surface area (Å²) >= 11 is 0. The molecule has 3 aromatic rings. The summed E-state index contributed by atoms with van der Waals surface area (Å²) in [6.45, 7) is 0.517. The molecule has 0 spiro atoms. The molecule has 0 atom stereocenters. The van der Waals surface area contributed by atoms with Crippen molar-refractivity contribution < 1.29 is 26.7 Å². The van der Waals surface area contributed by atoms with E-state index in [1.54, 1.807) is 0 Å². The van der Waals surface area contributed by atoms with Crippen LogP contribution in [0.25, 0.3) is 17.2 Å². The van der Waals surface area contributed by atoms with E-state index >= 15 is 0 Å². The topological polar surface area (TPSA) is 125 Å². The molecule has 0 aliphatic heterocycles. The number of rotatable bonds is 5. The molecule has 13 heteroatoms. The van der Waals surface area contributed by atoms with E-state index in [1.807, 2.05) is 0 Å². The van der Waals surface area contributed by atoms with Crippen molar-refractivity contribution in [3.05, 3.63) is 40.1 Å². The van der Waals surface area contributed by atoms with Crippen LogP contribution >= 0.6 is 0 Å². The van der Waals surface area contributed by atoms with Crippen molar-refractivity contribution in [1.29, 1.82) is 0 Å². The number of anilines is 1. The first-order valence-electron chi connectivity index (χ1n) is 7.05. The molecular formula is C13H10F4N6O3. The van der Waals surface area contributed by atoms with Gasteiger partial charge in [0.1, 0.15) is 5.82 Å². The van der Waals surface area contributed by atoms with E-state index in [2.05, 4.69) is 29.9 Å². The van der Waals surface area contributed by atoms with E-state index in [0.29, 0.717) is 16.7 Å². The van der Waals surface area contributed by atoms with Crippen LogP contribution in [0.2, 0.25) is 0 Å². The third-order valence-corrected chi connectivity index (χ3v) is 3.26. The predicted molar refractivity (Wildman–Crippen MR) is 77.9 cm³/mol. The van der Waals surface area contributed by atoms with Gasteiger partial charge in [0, 0.05) is 13.1 Å². The fraction of sp³-hybridized carbons (Fsp3) is 0.231. The molecule has 2 aromatic heterocycles. The molecule has 1 aromatic carbocycles. The summed E-state index contributed by atoms with van der Waals surface area (Å²) in [4.78, 5) is 11.9. The molecule has 0 bridgehead atoms. The van der Waals surface area contributed by atoms with Gasteiger partial charge in [-0.05, 0) is 28.5 Å². The number of halogens is 4. The SMILES string of the molecule is NCCNc1nonc1-c1noc(=O)n1-c1ccc(F)c(C(F)(F)F)c1. The highest BCUT2D eigenvalue weighted by atomic mass is 19.4. The van der Waals surface area contributed by atoms with Crippen LogP contribution in [0.1, 0.15) is 5.56 Å². The van der Waals surface area contributed by atoms with Gasteiger partial charge in [-0.1, -0.05) is 5.16 Å². The molecule has 0 aliphatic carbocycles. The van der Waals surface area contributed by atoms with Crippen molar-refractivity contribution >= 4 is 5.82 Å². The number of nitrogens with zero attached hydrogens (tertiary/aromatic N) is 4. The molecule has 0 aliphatic rings. The van der Waals surface area contributed by atoms with Crippen LogP contribution in [-0.2, 0) is 6.18 Å². The maximum absolute atomic E-state index is 13.5. The maximum atomic E-state index is 13.5. The molecule has 0 saturated heterocycles. The first-order chi connectivity index (χ1) is 12.3. The smallest absolute Gasteiger partial charge is 0.364 e. The van der Waals surface area contributed by atoms with Gasteiger partial charge in [0.25, 0.3) is 0 Å². The summed E-state index contributed by atoms with van der Waals surface area (Å²) in [5, 5.41) is 13.3. The Balaban J connectivity index is 2.14. The minimum absolute atomic E-state index is 0.0515. The first-order valence-corrected chi connectivity index (χ1v) is 7.05. The molecule has 3 rings (SSSR count). The highest BCUT2D eigenvalue weighted by molar-refractivity contribution is 5.66. The van der Waals surface area contributed by atoms with Crippen molar-refractivity contribution in [3.8, 4) is 17.2 Å². The highest BCUT2D eigenvalue weighted by Gasteiger charge is 2.35. The van der Waals surface area contributed by atoms with Crippen LogP contribution in [0, 0.1) is 5.82 Å². The van der Waals surface area contributed by atoms with Gasteiger partial charge < -0.3 is 11.1 Å². The third-order valence-electron chi connectivity index (χ3n) is 3.26. The zero-order valence-electron chi connectivity index (χ0n) is 12.7. The molecule has 2 heterocycles. The van der Waals surface area contributed by atoms with Crippen LogP contribution in [-0.4, -0.2) is 33.1 Å². The Morgan fingerprint density at radius 3 is 2.69 bits per heavy atom. The Kier molecular flexibility index (Phi) is 4.46. The summed E-state index contributed by atoms with van der Waals surface area (Å²) in [6.07, 6.45) is -4.95. The van der Waals surface area contributed by atoms with E-state index < -0.39 is 23.3 Å². The summed E-state index contributed by atoms with van der Waals surface area (Å²) in [6, 6.07) is 2.00. The van der Waals surface area contributed by atoms with Gasteiger partial charge >= 0.3 is 11.9 Å². The average molecular weight is 374 g/mol. The third kappa shape index (κ3) is 3.15. The van der Waals surface area contributed by atoms with Gasteiger partial charge in [0.15, 0.2) is 5.69 Å². The lowest BCUT2D eigenvalue weighted by Gasteiger charge is -2.10. The van der Waals surface area contributed by atoms with Crippen molar-refractivity contribution in [1.82, 2.24) is 20.0 Å². The molecule has 26 heavy (non-hydrogen) atoms. The Bertz CT molecular complexity index is 977. The molecule has 0 radical (unpaired) electrons. The second-order valence-corrected chi connectivity index (χ2v) is 4.95. The number of benzene rings is 1. The Morgan fingerprint density at radius 1 is 1.23 bits per heavy atom. The van der Waals surface area contributed by atoms with Gasteiger partial charge in [0.05, 0.1) is 11.3 Å². The number of hydrogen-bond acceptors (Lipinski definition) is 8. The minimum atomic E-state index is -4.95. The first kappa shape index (κ1) is 17.6. The number of nitrogens with one attached hydrogen (secondary N) is 1. The van der Waals surface area contributed by atoms with Crippen molar-refractivity contribution in [3.63, 3.8) is 0 Å². The molecule has 0 saturated carbocycles. The second-order valence-electron chi connectivity index (χ2n) is 4.95. The zero-order chi connectivity index (χ0) is 18.9. The lowest BCUT2D eigenvalue weighted by atomic mass is 10.1. The van der Waals surface area contributed by atoms with E-state index in [-0.39, 0.29) is 36.1 Å². The van der Waals surface area contributed by atoms with Crippen LogP contribution in [0.15, 0.2) is 32.1 Å². The molecule has 138 valence electrons. The summed E-state index contributed by atoms with van der Waals surface area (Å²) < 4.78 is 62.0. The van der Waals surface area contributed by atoms with Crippen molar-refractivity contribution in [2.75, 3.05) is 18.4 Å². The zero-order valence-corrected chi connectivity index (χ0v) is 12.7. The lowest BCUT2D eigenvalue weighted by Crippen LogP contribution is -2.17. The fourth-order valence-electron chi connectivity index (χ4n) is 2.14. The monoisotopic (exact) mass is 374 g/mol. The average Bonchev–Trinajstić information content (AvgIpc) is 3.18. The summed E-state index contributed by atoms with van der Waals surface area (Å²) in [5.41, 5.74) is 3.39. The Morgan fingerprint density at radius 2 is 2.00 bits per heavy atom. The Labute approximate surface area is 141 Å².